The number of nitrogens with one attached hydrogen (secondary N) is 3. The fourth-order valence-corrected chi connectivity index (χ4v) is 3.11. The van der Waals surface area contributed by atoms with Gasteiger partial charge in [0, 0.05) is 30.9 Å². The molecule has 3 N–H and O–H groups in total. The zero-order chi connectivity index (χ0) is 20.9. The Morgan fingerprint density at radius 2 is 1.71 bits per heavy atom. The molecule has 4 amide bonds. The Bertz CT molecular complexity index is 732. The highest BCUT2D eigenvalue weighted by molar-refractivity contribution is 6.39. The highest BCUT2D eigenvalue weighted by atomic mass is 16.2. The minimum absolute atomic E-state index is 0.0529. The second-order valence-corrected chi connectivity index (χ2v) is 8.59. The molecule has 7 nitrogen and oxygen atoms in total. The standard InChI is InChI=1S/C21H32N4O3/c1-14-6-7-15(2)17(12-14)23-19(27)18(26)22-13-16-8-10-25(11-9-16)20(28)24-21(3,4)5/h6-7,12,16H,8-11,13H2,1-5H3,(H,22,26)(H,23,27)(H,24,28). The molecule has 7 heteroatoms. The number of urea groups is 1. The second kappa shape index (κ2) is 9.08. The first-order valence-electron chi connectivity index (χ1n) is 9.78. The first kappa shape index (κ1) is 21.7. The van der Waals surface area contributed by atoms with Crippen LogP contribution in [0.2, 0.25) is 0 Å². The molecule has 1 aliphatic rings. The summed E-state index contributed by atoms with van der Waals surface area (Å²) < 4.78 is 0. The topological polar surface area (TPSA) is 90.5 Å². The summed E-state index contributed by atoms with van der Waals surface area (Å²) in [4.78, 5) is 38.3. The molecule has 0 aliphatic carbocycles. The highest BCUT2D eigenvalue weighted by Gasteiger charge is 2.26. The van der Waals surface area contributed by atoms with Crippen molar-refractivity contribution in [2.75, 3.05) is 25.0 Å². The smallest absolute Gasteiger partial charge is 0.317 e. The fraction of sp³-hybridized carbons (Fsp3) is 0.571. The van der Waals surface area contributed by atoms with Crippen molar-refractivity contribution in [3.05, 3.63) is 29.3 Å². The van der Waals surface area contributed by atoms with Crippen LogP contribution in [0.25, 0.3) is 0 Å². The maximum atomic E-state index is 12.2. The Morgan fingerprint density at radius 1 is 1.07 bits per heavy atom. The summed E-state index contributed by atoms with van der Waals surface area (Å²) >= 11 is 0. The number of carbonyl (C=O) groups excluding carboxylic acids is 3. The minimum atomic E-state index is -0.657. The number of likely N-dealkylation sites (tertiary alicyclic amines) is 1. The van der Waals surface area contributed by atoms with E-state index in [4.69, 9.17) is 0 Å². The number of nitrogens with zero attached hydrogens (tertiary/aromatic N) is 1. The number of piperidine rings is 1. The molecule has 1 aromatic carbocycles. The number of aryl methyl sites for hydroxylation is 2. The van der Waals surface area contributed by atoms with E-state index in [1.165, 1.54) is 0 Å². The molecule has 28 heavy (non-hydrogen) atoms. The van der Waals surface area contributed by atoms with Crippen molar-refractivity contribution in [1.82, 2.24) is 15.5 Å². The van der Waals surface area contributed by atoms with Gasteiger partial charge in [0.2, 0.25) is 0 Å². The maximum absolute atomic E-state index is 12.2. The first-order valence-corrected chi connectivity index (χ1v) is 9.78. The van der Waals surface area contributed by atoms with Crippen LogP contribution in [0.3, 0.4) is 0 Å². The van der Waals surface area contributed by atoms with Crippen molar-refractivity contribution in [3.63, 3.8) is 0 Å². The van der Waals surface area contributed by atoms with Gasteiger partial charge in [-0.05, 0) is 70.6 Å². The van der Waals surface area contributed by atoms with E-state index in [9.17, 15) is 14.4 Å². The van der Waals surface area contributed by atoms with Crippen molar-refractivity contribution in [3.8, 4) is 0 Å². The van der Waals surface area contributed by atoms with E-state index in [1.54, 1.807) is 4.90 Å². The van der Waals surface area contributed by atoms with E-state index in [0.717, 1.165) is 24.0 Å². The normalized spacial score (nSPS) is 15.1. The third-order valence-corrected chi connectivity index (χ3v) is 4.78. The number of hydrogen-bond acceptors (Lipinski definition) is 3. The van der Waals surface area contributed by atoms with Crippen LogP contribution in [-0.2, 0) is 9.59 Å². The largest absolute Gasteiger partial charge is 0.348 e. The SMILES string of the molecule is Cc1ccc(C)c(NC(=O)C(=O)NCC2CCN(C(=O)NC(C)(C)C)CC2)c1. The predicted molar refractivity (Wildman–Crippen MR) is 110 cm³/mol. The molecule has 1 fully saturated rings. The molecule has 0 saturated carbocycles. The second-order valence-electron chi connectivity index (χ2n) is 8.59. The first-order chi connectivity index (χ1) is 13.0. The molecule has 0 bridgehead atoms. The van der Waals surface area contributed by atoms with Gasteiger partial charge in [0.15, 0.2) is 0 Å². The van der Waals surface area contributed by atoms with Gasteiger partial charge >= 0.3 is 17.8 Å². The van der Waals surface area contributed by atoms with E-state index >= 15 is 0 Å². The van der Waals surface area contributed by atoms with Gasteiger partial charge in [-0.1, -0.05) is 12.1 Å². The van der Waals surface area contributed by atoms with Gasteiger partial charge in [-0.3, -0.25) is 9.59 Å². The summed E-state index contributed by atoms with van der Waals surface area (Å²) in [5.41, 5.74) is 2.32. The Morgan fingerprint density at radius 3 is 2.32 bits per heavy atom. The summed E-state index contributed by atoms with van der Waals surface area (Å²) in [6.07, 6.45) is 1.60. The van der Waals surface area contributed by atoms with Gasteiger partial charge in [0.05, 0.1) is 0 Å². The zero-order valence-electron chi connectivity index (χ0n) is 17.5. The van der Waals surface area contributed by atoms with Gasteiger partial charge in [0.25, 0.3) is 0 Å². The highest BCUT2D eigenvalue weighted by Crippen LogP contribution is 2.18. The quantitative estimate of drug-likeness (QED) is 0.695. The molecule has 1 aromatic rings. The van der Waals surface area contributed by atoms with Crippen LogP contribution in [0.15, 0.2) is 18.2 Å². The van der Waals surface area contributed by atoms with Crippen molar-refractivity contribution < 1.29 is 14.4 Å². The van der Waals surface area contributed by atoms with Gasteiger partial charge in [-0.15, -0.1) is 0 Å². The summed E-state index contributed by atoms with van der Waals surface area (Å²) in [6.45, 7) is 11.4. The molecule has 1 aliphatic heterocycles. The monoisotopic (exact) mass is 388 g/mol. The Kier molecular flexibility index (Phi) is 7.05. The summed E-state index contributed by atoms with van der Waals surface area (Å²) in [5.74, 6) is -1.03. The molecule has 2 rings (SSSR count). The maximum Gasteiger partial charge on any atom is 0.317 e. The van der Waals surface area contributed by atoms with Crippen molar-refractivity contribution in [2.45, 2.75) is 53.0 Å². The number of benzene rings is 1. The lowest BCUT2D eigenvalue weighted by atomic mass is 9.97. The lowest BCUT2D eigenvalue weighted by Crippen LogP contribution is -2.51. The van der Waals surface area contributed by atoms with E-state index < -0.39 is 11.8 Å². The van der Waals surface area contributed by atoms with E-state index in [2.05, 4.69) is 16.0 Å². The number of carbonyl (C=O) groups is 3. The van der Waals surface area contributed by atoms with Gasteiger partial charge < -0.3 is 20.9 Å². The van der Waals surface area contributed by atoms with E-state index in [-0.39, 0.29) is 17.5 Å². The predicted octanol–water partition coefficient (Wildman–Crippen LogP) is 2.58. The average Bonchev–Trinajstić information content (AvgIpc) is 2.61. The number of amides is 4. The molecule has 154 valence electrons. The Balaban J connectivity index is 1.75. The van der Waals surface area contributed by atoms with Crippen LogP contribution in [0, 0.1) is 19.8 Å². The molecular weight excluding hydrogens is 356 g/mol. The number of rotatable bonds is 3. The van der Waals surface area contributed by atoms with Crippen molar-refractivity contribution in [2.24, 2.45) is 5.92 Å². The van der Waals surface area contributed by atoms with Crippen LogP contribution in [0.1, 0.15) is 44.7 Å². The third kappa shape index (κ3) is 6.55. The lowest BCUT2D eigenvalue weighted by Gasteiger charge is -2.34. The molecule has 1 saturated heterocycles. The summed E-state index contributed by atoms with van der Waals surface area (Å²) in [5, 5.41) is 8.35. The van der Waals surface area contributed by atoms with E-state index in [1.807, 2.05) is 52.8 Å². The Hall–Kier alpha value is -2.57. The minimum Gasteiger partial charge on any atom is -0.348 e. The number of anilines is 1. The van der Waals surface area contributed by atoms with Crippen LogP contribution in [-0.4, -0.2) is 47.9 Å². The molecule has 0 atom stereocenters. The number of hydrogen-bond donors (Lipinski definition) is 3. The summed E-state index contributed by atoms with van der Waals surface area (Å²) in [7, 11) is 0. The van der Waals surface area contributed by atoms with Gasteiger partial charge in [0.1, 0.15) is 0 Å². The third-order valence-electron chi connectivity index (χ3n) is 4.78. The van der Waals surface area contributed by atoms with E-state index in [0.29, 0.717) is 25.3 Å². The van der Waals surface area contributed by atoms with Gasteiger partial charge in [-0.2, -0.15) is 0 Å². The molecular formula is C21H32N4O3. The van der Waals surface area contributed by atoms with Crippen LogP contribution < -0.4 is 16.0 Å². The molecule has 0 radical (unpaired) electrons. The van der Waals surface area contributed by atoms with Crippen molar-refractivity contribution >= 4 is 23.5 Å². The fourth-order valence-electron chi connectivity index (χ4n) is 3.11. The van der Waals surface area contributed by atoms with Gasteiger partial charge in [-0.25, -0.2) is 4.79 Å². The molecule has 0 spiro atoms. The Labute approximate surface area is 167 Å². The summed E-state index contributed by atoms with van der Waals surface area (Å²) in [6, 6.07) is 5.66. The van der Waals surface area contributed by atoms with Crippen LogP contribution >= 0.6 is 0 Å². The molecule has 1 heterocycles. The zero-order valence-corrected chi connectivity index (χ0v) is 17.5. The average molecular weight is 389 g/mol. The molecule has 0 aromatic heterocycles. The lowest BCUT2D eigenvalue weighted by molar-refractivity contribution is -0.136. The molecule has 0 unspecified atom stereocenters. The van der Waals surface area contributed by atoms with Crippen LogP contribution in [0.4, 0.5) is 10.5 Å². The van der Waals surface area contributed by atoms with Crippen molar-refractivity contribution in [1.29, 1.82) is 0 Å². The van der Waals surface area contributed by atoms with Crippen LogP contribution in [0.5, 0.6) is 0 Å².